The van der Waals surface area contributed by atoms with Gasteiger partial charge in [0.2, 0.25) is 11.8 Å². The number of Topliss-reactive ketones (excluding diaryl/α,β-unsaturated/α-hetero) is 1. The number of nitrogens with zero attached hydrogens (tertiary/aromatic N) is 2. The Kier molecular flexibility index (Phi) is 6.38. The lowest BCUT2D eigenvalue weighted by Crippen LogP contribution is -2.48. The SMILES string of the molecule is CCN=C([S-])C(C(=O)c1ccc(Br)cc1)[n+]1cccc(CO)c1. The average molecular weight is 393 g/mol. The van der Waals surface area contributed by atoms with Crippen LogP contribution in [0.3, 0.4) is 0 Å². The van der Waals surface area contributed by atoms with Crippen molar-refractivity contribution in [1.29, 1.82) is 0 Å². The van der Waals surface area contributed by atoms with Gasteiger partial charge in [-0.1, -0.05) is 28.1 Å². The molecule has 120 valence electrons. The van der Waals surface area contributed by atoms with E-state index in [0.717, 1.165) is 4.47 Å². The molecule has 1 aromatic heterocycles. The molecule has 0 radical (unpaired) electrons. The maximum Gasteiger partial charge on any atom is 0.237 e. The molecule has 0 saturated carbocycles. The Bertz CT molecular complexity index is 717. The van der Waals surface area contributed by atoms with Crippen LogP contribution in [-0.4, -0.2) is 22.5 Å². The Labute approximate surface area is 149 Å². The summed E-state index contributed by atoms with van der Waals surface area (Å²) in [5.74, 6) is -0.125. The van der Waals surface area contributed by atoms with Crippen LogP contribution in [0.5, 0.6) is 0 Å². The van der Waals surface area contributed by atoms with E-state index in [1.54, 1.807) is 41.2 Å². The molecular formula is C17H17BrN2O2S. The van der Waals surface area contributed by atoms with Crippen LogP contribution in [0.4, 0.5) is 0 Å². The summed E-state index contributed by atoms with van der Waals surface area (Å²) in [5, 5.41) is 9.65. The number of benzene rings is 1. The van der Waals surface area contributed by atoms with Crippen LogP contribution in [0.2, 0.25) is 0 Å². The van der Waals surface area contributed by atoms with Gasteiger partial charge in [-0.05, 0) is 30.2 Å². The fraction of sp³-hybridized carbons (Fsp3) is 0.235. The van der Waals surface area contributed by atoms with Crippen LogP contribution < -0.4 is 4.57 Å². The molecule has 0 saturated heterocycles. The first-order chi connectivity index (χ1) is 11.1. The fourth-order valence-corrected chi connectivity index (χ4v) is 2.81. The maximum absolute atomic E-state index is 12.9. The summed E-state index contributed by atoms with van der Waals surface area (Å²) in [7, 11) is 0. The highest BCUT2D eigenvalue weighted by Gasteiger charge is 2.28. The Balaban J connectivity index is 2.47. The highest BCUT2D eigenvalue weighted by molar-refractivity contribution is 9.10. The van der Waals surface area contributed by atoms with Gasteiger partial charge in [-0.3, -0.25) is 4.79 Å². The number of aliphatic hydroxyl groups is 1. The molecular weight excluding hydrogens is 376 g/mol. The number of halogens is 1. The zero-order chi connectivity index (χ0) is 16.8. The van der Waals surface area contributed by atoms with Crippen molar-refractivity contribution < 1.29 is 14.5 Å². The van der Waals surface area contributed by atoms with Crippen molar-refractivity contribution in [2.45, 2.75) is 19.6 Å². The molecule has 1 atom stereocenters. The van der Waals surface area contributed by atoms with Gasteiger partial charge in [-0.2, -0.15) is 4.57 Å². The van der Waals surface area contributed by atoms with Crippen molar-refractivity contribution >= 4 is 39.4 Å². The standard InChI is InChI=1S/C17H17BrN2O2S/c1-2-19-17(23)15(20-9-3-4-12(10-20)11-21)16(22)13-5-7-14(18)8-6-13/h3-10,15,21H,2,11H2,1H3. The van der Waals surface area contributed by atoms with E-state index in [0.29, 0.717) is 22.7 Å². The van der Waals surface area contributed by atoms with Crippen LogP contribution in [0, 0.1) is 0 Å². The summed E-state index contributed by atoms with van der Waals surface area (Å²) >= 11 is 8.72. The number of rotatable bonds is 6. The Hall–Kier alpha value is -1.63. The number of aliphatic hydroxyl groups excluding tert-OH is 1. The largest absolute Gasteiger partial charge is 0.758 e. The minimum Gasteiger partial charge on any atom is -0.758 e. The fourth-order valence-electron chi connectivity index (χ4n) is 2.19. The molecule has 0 fully saturated rings. The zero-order valence-electron chi connectivity index (χ0n) is 12.6. The Morgan fingerprint density at radius 1 is 1.35 bits per heavy atom. The topological polar surface area (TPSA) is 53.5 Å². The average Bonchev–Trinajstić information content (AvgIpc) is 2.56. The van der Waals surface area contributed by atoms with E-state index in [1.165, 1.54) is 0 Å². The molecule has 1 unspecified atom stereocenters. The highest BCUT2D eigenvalue weighted by atomic mass is 79.9. The number of ketones is 1. The molecule has 2 aromatic rings. The van der Waals surface area contributed by atoms with Gasteiger partial charge in [0.1, 0.15) is 0 Å². The van der Waals surface area contributed by atoms with Crippen LogP contribution in [0.15, 0.2) is 58.3 Å². The van der Waals surface area contributed by atoms with Crippen LogP contribution in [-0.2, 0) is 19.2 Å². The highest BCUT2D eigenvalue weighted by Crippen LogP contribution is 2.15. The number of carbonyl (C=O) groups is 1. The molecule has 0 aliphatic heterocycles. The minimum absolute atomic E-state index is 0.0995. The second kappa shape index (κ2) is 8.29. The van der Waals surface area contributed by atoms with E-state index in [2.05, 4.69) is 20.9 Å². The first-order valence-electron chi connectivity index (χ1n) is 7.18. The van der Waals surface area contributed by atoms with E-state index in [1.807, 2.05) is 19.1 Å². The number of pyridine rings is 1. The Morgan fingerprint density at radius 2 is 2.04 bits per heavy atom. The summed E-state index contributed by atoms with van der Waals surface area (Å²) in [4.78, 5) is 17.2. The summed E-state index contributed by atoms with van der Waals surface area (Å²) in [6.07, 6.45) is 3.48. The third kappa shape index (κ3) is 4.43. The molecule has 0 bridgehead atoms. The van der Waals surface area contributed by atoms with Gasteiger partial charge in [0.05, 0.1) is 6.61 Å². The van der Waals surface area contributed by atoms with Gasteiger partial charge in [-0.15, -0.1) is 0 Å². The predicted molar refractivity (Wildman–Crippen MR) is 95.4 cm³/mol. The normalized spacial score (nSPS) is 12.9. The van der Waals surface area contributed by atoms with Gasteiger partial charge in [0.15, 0.2) is 12.4 Å². The third-order valence-corrected chi connectivity index (χ3v) is 4.17. The first kappa shape index (κ1) is 17.7. The molecule has 1 N–H and O–H groups in total. The molecule has 0 amide bonds. The van der Waals surface area contributed by atoms with Crippen molar-refractivity contribution in [1.82, 2.24) is 0 Å². The number of aliphatic imine (C=N–C) groups is 1. The minimum atomic E-state index is -0.697. The molecule has 1 aromatic carbocycles. The second-order valence-corrected chi connectivity index (χ2v) is 6.24. The lowest BCUT2D eigenvalue weighted by Gasteiger charge is -2.18. The second-order valence-electron chi connectivity index (χ2n) is 4.90. The lowest BCUT2D eigenvalue weighted by atomic mass is 10.0. The van der Waals surface area contributed by atoms with E-state index < -0.39 is 6.04 Å². The van der Waals surface area contributed by atoms with E-state index >= 15 is 0 Å². The number of carbonyl (C=O) groups excluding carboxylic acids is 1. The van der Waals surface area contributed by atoms with Crippen LogP contribution >= 0.6 is 15.9 Å². The molecule has 0 aliphatic rings. The van der Waals surface area contributed by atoms with E-state index in [9.17, 15) is 9.90 Å². The zero-order valence-corrected chi connectivity index (χ0v) is 15.0. The summed E-state index contributed by atoms with van der Waals surface area (Å²) in [5.41, 5.74) is 1.27. The van der Waals surface area contributed by atoms with Crippen molar-refractivity contribution in [3.05, 3.63) is 64.4 Å². The molecule has 4 nitrogen and oxygen atoms in total. The number of hydrogen-bond donors (Lipinski definition) is 1. The van der Waals surface area contributed by atoms with Gasteiger partial charge in [-0.25, -0.2) is 0 Å². The van der Waals surface area contributed by atoms with Gasteiger partial charge in [0, 0.05) is 28.2 Å². The van der Waals surface area contributed by atoms with Gasteiger partial charge in [0.25, 0.3) is 0 Å². The summed E-state index contributed by atoms with van der Waals surface area (Å²) in [6, 6.07) is 10.0. The van der Waals surface area contributed by atoms with E-state index in [-0.39, 0.29) is 12.4 Å². The number of aromatic nitrogens is 1. The van der Waals surface area contributed by atoms with Crippen LogP contribution in [0.25, 0.3) is 0 Å². The third-order valence-electron chi connectivity index (χ3n) is 3.29. The van der Waals surface area contributed by atoms with Crippen molar-refractivity contribution in [3.8, 4) is 0 Å². The number of hydrogen-bond acceptors (Lipinski definition) is 4. The van der Waals surface area contributed by atoms with Crippen LogP contribution in [0.1, 0.15) is 28.9 Å². The van der Waals surface area contributed by atoms with Crippen molar-refractivity contribution in [2.75, 3.05) is 6.54 Å². The smallest absolute Gasteiger partial charge is 0.237 e. The van der Waals surface area contributed by atoms with Crippen molar-refractivity contribution in [2.24, 2.45) is 4.99 Å². The van der Waals surface area contributed by atoms with Gasteiger partial charge >= 0.3 is 0 Å². The molecule has 23 heavy (non-hydrogen) atoms. The quantitative estimate of drug-likeness (QED) is 0.270. The predicted octanol–water partition coefficient (Wildman–Crippen LogP) is 2.62. The maximum atomic E-state index is 12.9. The molecule has 0 aliphatic carbocycles. The molecule has 0 spiro atoms. The lowest BCUT2D eigenvalue weighted by molar-refractivity contribution is -0.692. The molecule has 6 heteroatoms. The van der Waals surface area contributed by atoms with Gasteiger partial charge < -0.3 is 22.7 Å². The first-order valence-corrected chi connectivity index (χ1v) is 8.38. The summed E-state index contributed by atoms with van der Waals surface area (Å²) in [6.45, 7) is 2.29. The summed E-state index contributed by atoms with van der Waals surface area (Å²) < 4.78 is 2.61. The Morgan fingerprint density at radius 3 is 2.65 bits per heavy atom. The monoisotopic (exact) mass is 392 g/mol. The van der Waals surface area contributed by atoms with E-state index in [4.69, 9.17) is 12.6 Å². The van der Waals surface area contributed by atoms with Crippen molar-refractivity contribution in [3.63, 3.8) is 0 Å². The molecule has 2 rings (SSSR count). The molecule has 1 heterocycles.